The molecular weight excluding hydrogens is 336 g/mol. The van der Waals surface area contributed by atoms with E-state index in [1.165, 1.54) is 38.7 Å². The number of phenols is 1. The van der Waals surface area contributed by atoms with Crippen molar-refractivity contribution < 1.29 is 24.2 Å². The van der Waals surface area contributed by atoms with Gasteiger partial charge in [0.25, 0.3) is 5.91 Å². The molecule has 0 aliphatic carbocycles. The Kier molecular flexibility index (Phi) is 4.70. The SMILES string of the molecule is COc1ccc(C(=O)n2cc(C(=O)c3cc(OC)ccc3O)cn2)cc1. The molecule has 132 valence electrons. The summed E-state index contributed by atoms with van der Waals surface area (Å²) in [6.45, 7) is 0. The Labute approximate surface area is 149 Å². The molecule has 0 bridgehead atoms. The third-order valence-corrected chi connectivity index (χ3v) is 3.84. The second-order valence-electron chi connectivity index (χ2n) is 5.42. The molecule has 1 aromatic heterocycles. The molecule has 3 rings (SSSR count). The summed E-state index contributed by atoms with van der Waals surface area (Å²) in [4.78, 5) is 25.1. The van der Waals surface area contributed by atoms with Gasteiger partial charge < -0.3 is 14.6 Å². The first-order valence-corrected chi connectivity index (χ1v) is 7.68. The lowest BCUT2D eigenvalue weighted by Crippen LogP contribution is -2.12. The van der Waals surface area contributed by atoms with Crippen LogP contribution in [0.2, 0.25) is 0 Å². The Bertz CT molecular complexity index is 960. The van der Waals surface area contributed by atoms with Crippen molar-refractivity contribution in [1.82, 2.24) is 9.78 Å². The maximum Gasteiger partial charge on any atom is 0.278 e. The molecule has 1 N–H and O–H groups in total. The first-order chi connectivity index (χ1) is 12.5. The number of aromatic nitrogens is 2. The number of phenolic OH excluding ortho intramolecular Hbond substituents is 1. The topological polar surface area (TPSA) is 90.7 Å². The van der Waals surface area contributed by atoms with Crippen molar-refractivity contribution in [2.24, 2.45) is 0 Å². The molecule has 7 heteroatoms. The van der Waals surface area contributed by atoms with Gasteiger partial charge in [-0.3, -0.25) is 9.59 Å². The minimum absolute atomic E-state index is 0.0702. The van der Waals surface area contributed by atoms with Gasteiger partial charge in [-0.15, -0.1) is 0 Å². The third-order valence-electron chi connectivity index (χ3n) is 3.84. The minimum atomic E-state index is -0.463. The van der Waals surface area contributed by atoms with Crippen molar-refractivity contribution in [3.63, 3.8) is 0 Å². The van der Waals surface area contributed by atoms with Crippen molar-refractivity contribution in [3.8, 4) is 17.2 Å². The molecule has 0 saturated carbocycles. The van der Waals surface area contributed by atoms with Crippen LogP contribution in [-0.2, 0) is 0 Å². The average Bonchev–Trinajstić information content (AvgIpc) is 3.17. The van der Waals surface area contributed by atoms with E-state index in [2.05, 4.69) is 5.10 Å². The van der Waals surface area contributed by atoms with E-state index in [1.807, 2.05) is 0 Å². The highest BCUT2D eigenvalue weighted by atomic mass is 16.5. The zero-order valence-electron chi connectivity index (χ0n) is 14.2. The van der Waals surface area contributed by atoms with Crippen LogP contribution in [0, 0.1) is 0 Å². The third kappa shape index (κ3) is 3.27. The first kappa shape index (κ1) is 17.2. The Morgan fingerprint density at radius 2 is 1.62 bits per heavy atom. The summed E-state index contributed by atoms with van der Waals surface area (Å²) in [6.07, 6.45) is 2.61. The molecule has 0 saturated heterocycles. The van der Waals surface area contributed by atoms with E-state index in [1.54, 1.807) is 30.3 Å². The summed E-state index contributed by atoms with van der Waals surface area (Å²) in [5.74, 6) is 0.0426. The molecule has 0 spiro atoms. The molecule has 1 heterocycles. The van der Waals surface area contributed by atoms with E-state index in [0.29, 0.717) is 17.1 Å². The Morgan fingerprint density at radius 3 is 2.27 bits per heavy atom. The van der Waals surface area contributed by atoms with Gasteiger partial charge in [0.1, 0.15) is 17.2 Å². The molecule has 26 heavy (non-hydrogen) atoms. The monoisotopic (exact) mass is 352 g/mol. The van der Waals surface area contributed by atoms with Crippen molar-refractivity contribution in [2.75, 3.05) is 14.2 Å². The van der Waals surface area contributed by atoms with Gasteiger partial charge in [-0.05, 0) is 42.5 Å². The van der Waals surface area contributed by atoms with Crippen LogP contribution in [0.1, 0.15) is 26.3 Å². The van der Waals surface area contributed by atoms with Gasteiger partial charge in [0, 0.05) is 11.8 Å². The summed E-state index contributed by atoms with van der Waals surface area (Å²) < 4.78 is 11.2. The number of benzene rings is 2. The van der Waals surface area contributed by atoms with E-state index in [-0.39, 0.29) is 22.8 Å². The first-order valence-electron chi connectivity index (χ1n) is 7.68. The number of rotatable bonds is 5. The fourth-order valence-electron chi connectivity index (χ4n) is 2.40. The maximum absolute atomic E-state index is 12.6. The van der Waals surface area contributed by atoms with Crippen LogP contribution in [0.5, 0.6) is 17.2 Å². The van der Waals surface area contributed by atoms with Crippen molar-refractivity contribution in [1.29, 1.82) is 0 Å². The lowest BCUT2D eigenvalue weighted by atomic mass is 10.1. The predicted molar refractivity (Wildman–Crippen MR) is 93.0 cm³/mol. The number of carbonyl (C=O) groups excluding carboxylic acids is 2. The van der Waals surface area contributed by atoms with E-state index >= 15 is 0 Å². The molecule has 3 aromatic rings. The Morgan fingerprint density at radius 1 is 0.962 bits per heavy atom. The zero-order chi connectivity index (χ0) is 18.7. The van der Waals surface area contributed by atoms with Gasteiger partial charge in [0.2, 0.25) is 0 Å². The minimum Gasteiger partial charge on any atom is -0.507 e. The number of hydrogen-bond acceptors (Lipinski definition) is 6. The van der Waals surface area contributed by atoms with Crippen LogP contribution in [0.3, 0.4) is 0 Å². The van der Waals surface area contributed by atoms with Gasteiger partial charge in [0.15, 0.2) is 5.78 Å². The molecule has 7 nitrogen and oxygen atoms in total. The standard InChI is InChI=1S/C19H16N2O5/c1-25-14-5-3-12(4-6-14)19(24)21-11-13(10-20-21)18(23)16-9-15(26-2)7-8-17(16)22/h3-11,22H,1-2H3. The Hall–Kier alpha value is -3.61. The number of carbonyl (C=O) groups is 2. The van der Waals surface area contributed by atoms with E-state index in [4.69, 9.17) is 9.47 Å². The largest absolute Gasteiger partial charge is 0.507 e. The number of aromatic hydroxyl groups is 1. The van der Waals surface area contributed by atoms with Crippen LogP contribution in [0.15, 0.2) is 54.9 Å². The van der Waals surface area contributed by atoms with Crippen LogP contribution >= 0.6 is 0 Å². The van der Waals surface area contributed by atoms with Gasteiger partial charge in [-0.2, -0.15) is 5.10 Å². The second-order valence-corrected chi connectivity index (χ2v) is 5.42. The van der Waals surface area contributed by atoms with Crippen molar-refractivity contribution >= 4 is 11.7 Å². The molecule has 0 aliphatic heterocycles. The van der Waals surface area contributed by atoms with Crippen molar-refractivity contribution in [3.05, 3.63) is 71.5 Å². The predicted octanol–water partition coefficient (Wildman–Crippen LogP) is 2.53. The molecule has 0 radical (unpaired) electrons. The summed E-state index contributed by atoms with van der Waals surface area (Å²) in [5, 5.41) is 13.9. The van der Waals surface area contributed by atoms with Crippen LogP contribution in [0.4, 0.5) is 0 Å². The van der Waals surface area contributed by atoms with Gasteiger partial charge in [-0.1, -0.05) is 0 Å². The molecule has 0 fully saturated rings. The van der Waals surface area contributed by atoms with E-state index < -0.39 is 5.78 Å². The van der Waals surface area contributed by atoms with E-state index in [0.717, 1.165) is 4.68 Å². The fraction of sp³-hybridized carbons (Fsp3) is 0.105. The molecule has 0 amide bonds. The van der Waals surface area contributed by atoms with Crippen LogP contribution in [-0.4, -0.2) is 40.8 Å². The summed E-state index contributed by atoms with van der Waals surface area (Å²) >= 11 is 0. The smallest absolute Gasteiger partial charge is 0.278 e. The number of ketones is 1. The number of nitrogens with zero attached hydrogens (tertiary/aromatic N) is 2. The lowest BCUT2D eigenvalue weighted by Gasteiger charge is -2.05. The van der Waals surface area contributed by atoms with E-state index in [9.17, 15) is 14.7 Å². The fourth-order valence-corrected chi connectivity index (χ4v) is 2.40. The lowest BCUT2D eigenvalue weighted by molar-refractivity contribution is 0.0945. The second kappa shape index (κ2) is 7.10. The summed E-state index contributed by atoms with van der Waals surface area (Å²) in [6, 6.07) is 10.9. The van der Waals surface area contributed by atoms with Crippen LogP contribution in [0.25, 0.3) is 0 Å². The zero-order valence-corrected chi connectivity index (χ0v) is 14.2. The van der Waals surface area contributed by atoms with Crippen LogP contribution < -0.4 is 9.47 Å². The summed E-state index contributed by atoms with van der Waals surface area (Å²) in [5.41, 5.74) is 0.647. The molecule has 0 aliphatic rings. The molecule has 2 aromatic carbocycles. The van der Waals surface area contributed by atoms with Crippen molar-refractivity contribution in [2.45, 2.75) is 0 Å². The van der Waals surface area contributed by atoms with Gasteiger partial charge in [-0.25, -0.2) is 4.68 Å². The van der Waals surface area contributed by atoms with Gasteiger partial charge in [0.05, 0.1) is 31.5 Å². The Balaban J connectivity index is 1.87. The summed E-state index contributed by atoms with van der Waals surface area (Å²) in [7, 11) is 3.00. The molecule has 0 atom stereocenters. The number of ether oxygens (including phenoxy) is 2. The van der Waals surface area contributed by atoms with Gasteiger partial charge >= 0.3 is 0 Å². The highest BCUT2D eigenvalue weighted by Gasteiger charge is 2.18. The normalized spacial score (nSPS) is 10.4. The molecule has 0 unspecified atom stereocenters. The highest BCUT2D eigenvalue weighted by Crippen LogP contribution is 2.25. The number of methoxy groups -OCH3 is 2. The number of hydrogen-bond donors (Lipinski definition) is 1. The average molecular weight is 352 g/mol. The maximum atomic E-state index is 12.6. The quantitative estimate of drug-likeness (QED) is 0.710. The molecular formula is C19H16N2O5. The highest BCUT2D eigenvalue weighted by molar-refractivity contribution is 6.11.